The van der Waals surface area contributed by atoms with Crippen LogP contribution < -0.4 is 10.5 Å². The Morgan fingerprint density at radius 1 is 1.25 bits per heavy atom. The molecule has 1 aromatic carbocycles. The first-order valence-corrected chi connectivity index (χ1v) is 6.28. The van der Waals surface area contributed by atoms with Gasteiger partial charge in [0.15, 0.2) is 5.82 Å². The van der Waals surface area contributed by atoms with E-state index in [1.807, 2.05) is 24.3 Å². The van der Waals surface area contributed by atoms with Crippen LogP contribution in [0.15, 0.2) is 24.3 Å². The summed E-state index contributed by atoms with van der Waals surface area (Å²) in [5, 5.41) is 8.95. The number of nitrogens with zero attached hydrogens (tertiary/aromatic N) is 3. The highest BCUT2D eigenvalue weighted by atomic mass is 16.5. The highest BCUT2D eigenvalue weighted by Crippen LogP contribution is 2.31. The summed E-state index contributed by atoms with van der Waals surface area (Å²) in [5.74, 6) is 1.73. The van der Waals surface area contributed by atoms with Crippen LogP contribution in [0.4, 0.5) is 5.82 Å². The average molecular weight is 268 g/mol. The van der Waals surface area contributed by atoms with E-state index >= 15 is 0 Å². The normalized spacial score (nSPS) is 10.3. The Morgan fingerprint density at radius 2 is 2.00 bits per heavy atom. The molecule has 0 saturated carbocycles. The van der Waals surface area contributed by atoms with Gasteiger partial charge >= 0.3 is 0 Å². The molecule has 0 spiro atoms. The van der Waals surface area contributed by atoms with Crippen LogP contribution in [-0.4, -0.2) is 17.1 Å². The van der Waals surface area contributed by atoms with Gasteiger partial charge in [-0.15, -0.1) is 0 Å². The fourth-order valence-electron chi connectivity index (χ4n) is 1.90. The van der Waals surface area contributed by atoms with Crippen LogP contribution >= 0.6 is 0 Å². The maximum Gasteiger partial charge on any atom is 0.166 e. The number of nitriles is 1. The fourth-order valence-corrected chi connectivity index (χ4v) is 1.90. The molecule has 20 heavy (non-hydrogen) atoms. The number of methoxy groups -OCH3 is 1. The Balaban J connectivity index is 2.58. The Morgan fingerprint density at radius 3 is 2.60 bits per heavy atom. The molecule has 2 aromatic rings. The van der Waals surface area contributed by atoms with Crippen molar-refractivity contribution in [3.05, 3.63) is 35.5 Å². The maximum atomic E-state index is 8.95. The van der Waals surface area contributed by atoms with E-state index in [-0.39, 0.29) is 11.5 Å². The third-order valence-electron chi connectivity index (χ3n) is 2.99. The largest absolute Gasteiger partial charge is 0.496 e. The summed E-state index contributed by atoms with van der Waals surface area (Å²) >= 11 is 0. The van der Waals surface area contributed by atoms with Crippen LogP contribution in [-0.2, 0) is 0 Å². The van der Waals surface area contributed by atoms with Crippen molar-refractivity contribution in [2.24, 2.45) is 0 Å². The summed E-state index contributed by atoms with van der Waals surface area (Å²) in [6, 6.07) is 9.27. The zero-order valence-electron chi connectivity index (χ0n) is 11.7. The molecule has 5 nitrogen and oxygen atoms in total. The number of rotatable bonds is 3. The van der Waals surface area contributed by atoms with Gasteiger partial charge in [-0.2, -0.15) is 5.26 Å². The Hall–Kier alpha value is -2.61. The Bertz CT molecular complexity index is 674. The second-order valence-electron chi connectivity index (χ2n) is 4.73. The van der Waals surface area contributed by atoms with Crippen molar-refractivity contribution in [2.75, 3.05) is 12.8 Å². The van der Waals surface area contributed by atoms with Crippen LogP contribution in [0.2, 0.25) is 0 Å². The molecule has 0 amide bonds. The molecule has 0 unspecified atom stereocenters. The van der Waals surface area contributed by atoms with Gasteiger partial charge in [-0.1, -0.05) is 19.9 Å². The second kappa shape index (κ2) is 5.57. The first-order valence-electron chi connectivity index (χ1n) is 6.28. The van der Waals surface area contributed by atoms with E-state index in [0.29, 0.717) is 17.5 Å². The molecule has 5 heteroatoms. The van der Waals surface area contributed by atoms with Crippen molar-refractivity contribution in [2.45, 2.75) is 19.8 Å². The minimum absolute atomic E-state index is 0.238. The molecular formula is C15H16N4O. The summed E-state index contributed by atoms with van der Waals surface area (Å²) in [5.41, 5.74) is 7.82. The predicted molar refractivity (Wildman–Crippen MR) is 77.2 cm³/mol. The molecule has 0 aliphatic heterocycles. The number of hydrogen-bond acceptors (Lipinski definition) is 5. The quantitative estimate of drug-likeness (QED) is 0.925. The SMILES string of the molecule is COc1cc(C(C)C)ccc1-c1nc(N)cc(C#N)n1. The second-order valence-corrected chi connectivity index (χ2v) is 4.73. The lowest BCUT2D eigenvalue weighted by Crippen LogP contribution is -2.00. The molecule has 0 saturated heterocycles. The first kappa shape index (κ1) is 13.8. The molecule has 2 N–H and O–H groups in total. The van der Waals surface area contributed by atoms with E-state index < -0.39 is 0 Å². The fraction of sp³-hybridized carbons (Fsp3) is 0.267. The number of nitrogens with two attached hydrogens (primary N) is 1. The lowest BCUT2D eigenvalue weighted by molar-refractivity contribution is 0.415. The van der Waals surface area contributed by atoms with Gasteiger partial charge < -0.3 is 10.5 Å². The van der Waals surface area contributed by atoms with Crippen LogP contribution in [0.3, 0.4) is 0 Å². The van der Waals surface area contributed by atoms with Gasteiger partial charge in [-0.05, 0) is 23.6 Å². The molecule has 102 valence electrons. The number of aromatic nitrogens is 2. The third-order valence-corrected chi connectivity index (χ3v) is 2.99. The Kier molecular flexibility index (Phi) is 3.85. The van der Waals surface area contributed by atoms with Crippen molar-refractivity contribution < 1.29 is 4.74 Å². The lowest BCUT2D eigenvalue weighted by Gasteiger charge is -2.12. The number of benzene rings is 1. The third kappa shape index (κ3) is 2.69. The van der Waals surface area contributed by atoms with Gasteiger partial charge in [-0.25, -0.2) is 9.97 Å². The number of anilines is 1. The molecule has 0 aliphatic carbocycles. The van der Waals surface area contributed by atoms with Gasteiger partial charge in [0.25, 0.3) is 0 Å². The summed E-state index contributed by atoms with van der Waals surface area (Å²) in [6.45, 7) is 4.22. The van der Waals surface area contributed by atoms with Gasteiger partial charge in [0.1, 0.15) is 23.3 Å². The molecule has 0 atom stereocenters. The van der Waals surface area contributed by atoms with Gasteiger partial charge in [0.05, 0.1) is 12.7 Å². The molecule has 0 fully saturated rings. The minimum atomic E-state index is 0.238. The molecule has 1 aromatic heterocycles. The summed E-state index contributed by atoms with van der Waals surface area (Å²) in [4.78, 5) is 8.34. The zero-order chi connectivity index (χ0) is 14.7. The van der Waals surface area contributed by atoms with Gasteiger partial charge in [0.2, 0.25) is 0 Å². The van der Waals surface area contributed by atoms with E-state index in [4.69, 9.17) is 15.7 Å². The van der Waals surface area contributed by atoms with Crippen molar-refractivity contribution in [3.8, 4) is 23.2 Å². The first-order chi connectivity index (χ1) is 9.55. The zero-order valence-corrected chi connectivity index (χ0v) is 11.7. The molecule has 0 aliphatic rings. The minimum Gasteiger partial charge on any atom is -0.496 e. The molecular weight excluding hydrogens is 252 g/mol. The highest BCUT2D eigenvalue weighted by molar-refractivity contribution is 5.66. The van der Waals surface area contributed by atoms with Crippen molar-refractivity contribution in [1.82, 2.24) is 9.97 Å². The van der Waals surface area contributed by atoms with Gasteiger partial charge in [0, 0.05) is 6.07 Å². The summed E-state index contributed by atoms with van der Waals surface area (Å²) in [7, 11) is 1.60. The van der Waals surface area contributed by atoms with Gasteiger partial charge in [-0.3, -0.25) is 0 Å². The monoisotopic (exact) mass is 268 g/mol. The smallest absolute Gasteiger partial charge is 0.166 e. The van der Waals surface area contributed by atoms with Crippen LogP contribution in [0.5, 0.6) is 5.75 Å². The number of ether oxygens (including phenoxy) is 1. The molecule has 1 heterocycles. The van der Waals surface area contributed by atoms with E-state index in [1.54, 1.807) is 7.11 Å². The van der Waals surface area contributed by atoms with E-state index in [0.717, 1.165) is 11.1 Å². The van der Waals surface area contributed by atoms with Crippen LogP contribution in [0, 0.1) is 11.3 Å². The van der Waals surface area contributed by atoms with Crippen molar-refractivity contribution >= 4 is 5.82 Å². The predicted octanol–water partition coefficient (Wildman–Crippen LogP) is 2.73. The summed E-state index contributed by atoms with van der Waals surface area (Å²) in [6.07, 6.45) is 0. The maximum absolute atomic E-state index is 8.95. The number of hydrogen-bond donors (Lipinski definition) is 1. The lowest BCUT2D eigenvalue weighted by atomic mass is 10.0. The highest BCUT2D eigenvalue weighted by Gasteiger charge is 2.12. The molecule has 2 rings (SSSR count). The topological polar surface area (TPSA) is 84.8 Å². The van der Waals surface area contributed by atoms with E-state index in [1.165, 1.54) is 6.07 Å². The van der Waals surface area contributed by atoms with E-state index in [9.17, 15) is 0 Å². The molecule has 0 bridgehead atoms. The Labute approximate surface area is 118 Å². The standard InChI is InChI=1S/C15H16N4O/c1-9(2)10-4-5-12(13(6-10)20-3)15-18-11(8-16)7-14(17)19-15/h4-7,9H,1-3H3,(H2,17,18,19). The molecule has 0 radical (unpaired) electrons. The average Bonchev–Trinajstić information content (AvgIpc) is 2.45. The van der Waals surface area contributed by atoms with Crippen LogP contribution in [0.1, 0.15) is 31.0 Å². The van der Waals surface area contributed by atoms with Crippen LogP contribution in [0.25, 0.3) is 11.4 Å². The van der Waals surface area contributed by atoms with Crippen molar-refractivity contribution in [3.63, 3.8) is 0 Å². The number of nitrogen functional groups attached to an aromatic ring is 1. The van der Waals surface area contributed by atoms with Crippen molar-refractivity contribution in [1.29, 1.82) is 5.26 Å². The van der Waals surface area contributed by atoms with E-state index in [2.05, 4.69) is 23.8 Å². The summed E-state index contributed by atoms with van der Waals surface area (Å²) < 4.78 is 5.40.